The van der Waals surface area contributed by atoms with Crippen LogP contribution in [0.2, 0.25) is 0 Å². The van der Waals surface area contributed by atoms with Gasteiger partial charge in [-0.1, -0.05) is 30.3 Å². The maximum absolute atomic E-state index is 12.3. The summed E-state index contributed by atoms with van der Waals surface area (Å²) in [6.07, 6.45) is 1.23. The number of nitrogens with one attached hydrogen (secondary N) is 1. The van der Waals surface area contributed by atoms with Crippen molar-refractivity contribution in [2.45, 2.75) is 25.3 Å². The van der Waals surface area contributed by atoms with Crippen molar-refractivity contribution >= 4 is 22.0 Å². The summed E-state index contributed by atoms with van der Waals surface area (Å²) in [6, 6.07) is 6.73. The Kier molecular flexibility index (Phi) is 5.06. The van der Waals surface area contributed by atoms with Gasteiger partial charge in [0.2, 0.25) is 10.0 Å². The number of hydrogen-bond donors (Lipinski definition) is 2. The maximum Gasteiger partial charge on any atom is 0.326 e. The fourth-order valence-corrected chi connectivity index (χ4v) is 4.33. The molecule has 0 aromatic heterocycles. The molecule has 2 N–H and O–H groups in total. The largest absolute Gasteiger partial charge is 0.480 e. The van der Waals surface area contributed by atoms with Crippen molar-refractivity contribution in [2.75, 3.05) is 12.9 Å². The van der Waals surface area contributed by atoms with E-state index in [1.165, 1.54) is 7.11 Å². The lowest BCUT2D eigenvalue weighted by Crippen LogP contribution is -2.37. The first-order chi connectivity index (χ1) is 10.8. The highest BCUT2D eigenvalue weighted by Gasteiger charge is 2.48. The molecule has 1 atom stereocenters. The van der Waals surface area contributed by atoms with E-state index in [0.717, 1.165) is 0 Å². The van der Waals surface area contributed by atoms with Gasteiger partial charge in [0.05, 0.1) is 19.3 Å². The molecule has 0 bridgehead atoms. The summed E-state index contributed by atoms with van der Waals surface area (Å²) in [6.45, 7) is 0. The van der Waals surface area contributed by atoms with E-state index < -0.39 is 33.4 Å². The molecule has 0 unspecified atom stereocenters. The Balaban J connectivity index is 2.10. The van der Waals surface area contributed by atoms with Crippen LogP contribution >= 0.6 is 0 Å². The van der Waals surface area contributed by atoms with Crippen LogP contribution in [0.1, 0.15) is 30.9 Å². The van der Waals surface area contributed by atoms with Crippen LogP contribution in [-0.2, 0) is 24.3 Å². The number of carboxylic acids is 1. The molecule has 2 rings (SSSR count). The maximum atomic E-state index is 12.3. The molecule has 1 fully saturated rings. The predicted molar refractivity (Wildman–Crippen MR) is 82.0 cm³/mol. The van der Waals surface area contributed by atoms with Crippen molar-refractivity contribution in [1.29, 1.82) is 0 Å². The number of ether oxygens (including phenoxy) is 1. The summed E-state index contributed by atoms with van der Waals surface area (Å²) in [5, 5.41) is 9.29. The molecule has 0 aliphatic heterocycles. The summed E-state index contributed by atoms with van der Waals surface area (Å²) in [7, 11) is -2.61. The van der Waals surface area contributed by atoms with Crippen LogP contribution in [-0.4, -0.2) is 38.3 Å². The number of methoxy groups -OCH3 is 1. The first kappa shape index (κ1) is 17.4. The van der Waals surface area contributed by atoms with Crippen molar-refractivity contribution in [2.24, 2.45) is 5.41 Å². The van der Waals surface area contributed by atoms with Gasteiger partial charge in [-0.2, -0.15) is 4.72 Å². The zero-order valence-electron chi connectivity index (χ0n) is 12.7. The Morgan fingerprint density at radius 3 is 2.39 bits per heavy atom. The van der Waals surface area contributed by atoms with Crippen LogP contribution in [0.4, 0.5) is 0 Å². The Labute approximate surface area is 134 Å². The van der Waals surface area contributed by atoms with Crippen molar-refractivity contribution in [3.63, 3.8) is 0 Å². The van der Waals surface area contributed by atoms with Crippen LogP contribution in [0, 0.1) is 5.41 Å². The Morgan fingerprint density at radius 1 is 1.30 bits per heavy atom. The van der Waals surface area contributed by atoms with Crippen molar-refractivity contribution < 1.29 is 27.9 Å². The summed E-state index contributed by atoms with van der Waals surface area (Å²) >= 11 is 0. The standard InChI is InChI=1S/C15H19NO6S/c1-22-12(17)9-15(7-8-15)10-23(20,21)16-13(14(18)19)11-5-3-2-4-6-11/h2-6,13,16H,7-10H2,1H3,(H,18,19)/t13-/m0/s1. The fourth-order valence-electron chi connectivity index (χ4n) is 2.46. The summed E-state index contributed by atoms with van der Waals surface area (Å²) < 4.78 is 31.4. The number of esters is 1. The molecule has 126 valence electrons. The molecule has 1 saturated carbocycles. The number of aliphatic carboxylic acids is 1. The number of rotatable bonds is 8. The lowest BCUT2D eigenvalue weighted by Gasteiger charge is -2.18. The molecule has 0 saturated heterocycles. The van der Waals surface area contributed by atoms with Crippen molar-refractivity contribution in [3.8, 4) is 0 Å². The van der Waals surface area contributed by atoms with Gasteiger partial charge >= 0.3 is 11.9 Å². The number of benzene rings is 1. The first-order valence-electron chi connectivity index (χ1n) is 7.11. The zero-order chi connectivity index (χ0) is 17.1. The summed E-state index contributed by atoms with van der Waals surface area (Å²) in [5.41, 5.74) is -0.292. The van der Waals surface area contributed by atoms with E-state index in [4.69, 9.17) is 0 Å². The number of hydrogen-bond acceptors (Lipinski definition) is 5. The van der Waals surface area contributed by atoms with Gasteiger partial charge in [-0.3, -0.25) is 9.59 Å². The van der Waals surface area contributed by atoms with E-state index in [-0.39, 0.29) is 12.2 Å². The van der Waals surface area contributed by atoms with Crippen LogP contribution in [0.3, 0.4) is 0 Å². The van der Waals surface area contributed by atoms with E-state index in [9.17, 15) is 23.1 Å². The van der Waals surface area contributed by atoms with E-state index in [0.29, 0.717) is 18.4 Å². The monoisotopic (exact) mass is 341 g/mol. The highest BCUT2D eigenvalue weighted by molar-refractivity contribution is 7.89. The lowest BCUT2D eigenvalue weighted by molar-refractivity contribution is -0.142. The van der Waals surface area contributed by atoms with Gasteiger partial charge in [-0.15, -0.1) is 0 Å². The second kappa shape index (κ2) is 6.67. The highest BCUT2D eigenvalue weighted by Crippen LogP contribution is 2.50. The molecule has 0 radical (unpaired) electrons. The summed E-state index contributed by atoms with van der Waals surface area (Å²) in [5.74, 6) is -2.03. The smallest absolute Gasteiger partial charge is 0.326 e. The molecule has 1 aliphatic rings. The molecule has 1 aromatic rings. The minimum atomic E-state index is -3.86. The van der Waals surface area contributed by atoms with E-state index in [1.807, 2.05) is 0 Å². The number of carbonyl (C=O) groups excluding carboxylic acids is 1. The third-order valence-corrected chi connectivity index (χ3v) is 5.46. The van der Waals surface area contributed by atoms with Gasteiger partial charge in [0.1, 0.15) is 6.04 Å². The molecule has 0 heterocycles. The summed E-state index contributed by atoms with van der Waals surface area (Å²) in [4.78, 5) is 22.8. The van der Waals surface area contributed by atoms with Gasteiger partial charge < -0.3 is 9.84 Å². The van der Waals surface area contributed by atoms with Crippen LogP contribution < -0.4 is 4.72 Å². The zero-order valence-corrected chi connectivity index (χ0v) is 13.5. The molecule has 1 aliphatic carbocycles. The number of carboxylic acid groups (broad SMARTS) is 1. The molecule has 0 amide bonds. The fraction of sp³-hybridized carbons (Fsp3) is 0.467. The lowest BCUT2D eigenvalue weighted by atomic mass is 10.1. The first-order valence-corrected chi connectivity index (χ1v) is 8.77. The average Bonchev–Trinajstić information content (AvgIpc) is 3.23. The van der Waals surface area contributed by atoms with Gasteiger partial charge in [-0.25, -0.2) is 8.42 Å². The Bertz CT molecular complexity index is 681. The van der Waals surface area contributed by atoms with Crippen LogP contribution in [0.25, 0.3) is 0 Å². The second-order valence-electron chi connectivity index (χ2n) is 5.81. The second-order valence-corrected chi connectivity index (χ2v) is 7.57. The molecule has 23 heavy (non-hydrogen) atoms. The average molecular weight is 341 g/mol. The van der Waals surface area contributed by atoms with Crippen molar-refractivity contribution in [3.05, 3.63) is 35.9 Å². The molecule has 7 nitrogen and oxygen atoms in total. The topological polar surface area (TPSA) is 110 Å². The minimum absolute atomic E-state index is 0.0213. The Morgan fingerprint density at radius 2 is 1.91 bits per heavy atom. The van der Waals surface area contributed by atoms with E-state index >= 15 is 0 Å². The third-order valence-electron chi connectivity index (χ3n) is 3.88. The quantitative estimate of drug-likeness (QED) is 0.685. The van der Waals surface area contributed by atoms with Crippen LogP contribution in [0.15, 0.2) is 30.3 Å². The van der Waals surface area contributed by atoms with E-state index in [1.54, 1.807) is 30.3 Å². The third kappa shape index (κ3) is 4.77. The van der Waals surface area contributed by atoms with Crippen LogP contribution in [0.5, 0.6) is 0 Å². The molecule has 1 aromatic carbocycles. The molecule has 0 spiro atoms. The Hall–Kier alpha value is -1.93. The van der Waals surface area contributed by atoms with Gasteiger partial charge in [0, 0.05) is 0 Å². The van der Waals surface area contributed by atoms with Gasteiger partial charge in [0.25, 0.3) is 0 Å². The number of sulfonamides is 1. The SMILES string of the molecule is COC(=O)CC1(CS(=O)(=O)N[C@H](C(=O)O)c2ccccc2)CC1. The van der Waals surface area contributed by atoms with Gasteiger partial charge in [-0.05, 0) is 23.8 Å². The minimum Gasteiger partial charge on any atom is -0.480 e. The normalized spacial score (nSPS) is 17.3. The van der Waals surface area contributed by atoms with E-state index in [2.05, 4.69) is 9.46 Å². The van der Waals surface area contributed by atoms with Gasteiger partial charge in [0.15, 0.2) is 0 Å². The molecular formula is C15H19NO6S. The molecule has 8 heteroatoms. The predicted octanol–water partition coefficient (Wildman–Crippen LogP) is 1.07. The molecular weight excluding hydrogens is 322 g/mol. The number of carbonyl (C=O) groups is 2. The highest BCUT2D eigenvalue weighted by atomic mass is 32.2. The van der Waals surface area contributed by atoms with Crippen molar-refractivity contribution in [1.82, 2.24) is 4.72 Å².